The summed E-state index contributed by atoms with van der Waals surface area (Å²) in [7, 11) is 0. The van der Waals surface area contributed by atoms with E-state index in [4.69, 9.17) is 4.74 Å². The fourth-order valence-electron chi connectivity index (χ4n) is 2.42. The highest BCUT2D eigenvalue weighted by Gasteiger charge is 2.30. The molecule has 1 heterocycles. The molecule has 0 fully saturated rings. The van der Waals surface area contributed by atoms with Gasteiger partial charge in [-0.2, -0.15) is 13.2 Å². The summed E-state index contributed by atoms with van der Waals surface area (Å²) < 4.78 is 43.0. The lowest BCUT2D eigenvalue weighted by atomic mass is 10.1. The lowest BCUT2D eigenvalue weighted by Gasteiger charge is -2.08. The Morgan fingerprint density at radius 2 is 1.96 bits per heavy atom. The molecule has 0 saturated carbocycles. The van der Waals surface area contributed by atoms with Crippen molar-refractivity contribution < 1.29 is 22.7 Å². The molecule has 3 rings (SSSR count). The van der Waals surface area contributed by atoms with E-state index in [1.54, 1.807) is 18.3 Å². The van der Waals surface area contributed by atoms with Gasteiger partial charge in [0.25, 0.3) is 5.91 Å². The Kier molecular flexibility index (Phi) is 5.36. The summed E-state index contributed by atoms with van der Waals surface area (Å²) >= 11 is 0. The topological polar surface area (TPSA) is 54.1 Å². The van der Waals surface area contributed by atoms with Crippen molar-refractivity contribution in [1.29, 1.82) is 0 Å². The highest BCUT2D eigenvalue weighted by molar-refractivity contribution is 5.98. The van der Waals surface area contributed by atoms with Gasteiger partial charge in [0, 0.05) is 22.7 Å². The van der Waals surface area contributed by atoms with Crippen LogP contribution in [0.4, 0.5) is 13.2 Å². The SMILES string of the molecule is O=C(NCC#CCOc1cccc(C(F)(F)F)c1)c1ccc2[nH]ccc2c1. The molecule has 0 bridgehead atoms. The van der Waals surface area contributed by atoms with Crippen molar-refractivity contribution in [2.45, 2.75) is 6.18 Å². The van der Waals surface area contributed by atoms with Crippen molar-refractivity contribution in [3.05, 3.63) is 65.9 Å². The average Bonchev–Trinajstić information content (AvgIpc) is 3.11. The molecule has 138 valence electrons. The Bertz CT molecular complexity index is 1010. The van der Waals surface area contributed by atoms with E-state index >= 15 is 0 Å². The molecule has 0 radical (unpaired) electrons. The lowest BCUT2D eigenvalue weighted by molar-refractivity contribution is -0.137. The highest BCUT2D eigenvalue weighted by Crippen LogP contribution is 2.31. The Morgan fingerprint density at radius 1 is 1.11 bits per heavy atom. The molecule has 0 saturated heterocycles. The summed E-state index contributed by atoms with van der Waals surface area (Å²) in [6.07, 6.45) is -2.62. The molecule has 2 aromatic carbocycles. The van der Waals surface area contributed by atoms with Crippen molar-refractivity contribution in [2.75, 3.05) is 13.2 Å². The third kappa shape index (κ3) is 4.82. The normalized spacial score (nSPS) is 10.9. The van der Waals surface area contributed by atoms with Crippen molar-refractivity contribution in [3.8, 4) is 17.6 Å². The number of H-pyrrole nitrogens is 1. The van der Waals surface area contributed by atoms with Crippen molar-refractivity contribution in [2.24, 2.45) is 0 Å². The number of amides is 1. The van der Waals surface area contributed by atoms with Crippen LogP contribution in [0.15, 0.2) is 54.7 Å². The smallest absolute Gasteiger partial charge is 0.416 e. The molecule has 7 heteroatoms. The van der Waals surface area contributed by atoms with Gasteiger partial charge in [0.1, 0.15) is 12.4 Å². The average molecular weight is 372 g/mol. The number of hydrogen-bond acceptors (Lipinski definition) is 2. The Morgan fingerprint density at radius 3 is 2.78 bits per heavy atom. The molecular formula is C20H15F3N2O2. The summed E-state index contributed by atoms with van der Waals surface area (Å²) in [4.78, 5) is 15.1. The number of ether oxygens (including phenoxy) is 1. The second-order valence-corrected chi connectivity index (χ2v) is 5.63. The van der Waals surface area contributed by atoms with Gasteiger partial charge in [-0.3, -0.25) is 4.79 Å². The predicted octanol–water partition coefficient (Wildman–Crippen LogP) is 4.00. The van der Waals surface area contributed by atoms with Gasteiger partial charge >= 0.3 is 6.18 Å². The van der Waals surface area contributed by atoms with E-state index in [9.17, 15) is 18.0 Å². The van der Waals surface area contributed by atoms with Crippen LogP contribution in [0.2, 0.25) is 0 Å². The van der Waals surface area contributed by atoms with Gasteiger partial charge in [-0.1, -0.05) is 17.9 Å². The number of rotatable bonds is 4. The van der Waals surface area contributed by atoms with Gasteiger partial charge in [0.05, 0.1) is 12.1 Å². The van der Waals surface area contributed by atoms with Gasteiger partial charge in [0.15, 0.2) is 0 Å². The van der Waals surface area contributed by atoms with E-state index in [1.807, 2.05) is 12.1 Å². The Hall–Kier alpha value is -3.40. The minimum absolute atomic E-state index is 0.0769. The van der Waals surface area contributed by atoms with Crippen LogP contribution in [0.25, 0.3) is 10.9 Å². The molecule has 0 spiro atoms. The van der Waals surface area contributed by atoms with E-state index in [1.165, 1.54) is 12.1 Å². The molecule has 0 atom stereocenters. The van der Waals surface area contributed by atoms with E-state index in [0.29, 0.717) is 5.56 Å². The number of carbonyl (C=O) groups is 1. The number of nitrogens with one attached hydrogen (secondary N) is 2. The summed E-state index contributed by atoms with van der Waals surface area (Å²) in [5, 5.41) is 3.59. The molecule has 0 aliphatic carbocycles. The van der Waals surface area contributed by atoms with E-state index in [2.05, 4.69) is 22.1 Å². The van der Waals surface area contributed by atoms with E-state index in [-0.39, 0.29) is 24.8 Å². The van der Waals surface area contributed by atoms with Gasteiger partial charge < -0.3 is 15.0 Å². The molecule has 27 heavy (non-hydrogen) atoms. The van der Waals surface area contributed by atoms with Crippen LogP contribution in [0, 0.1) is 11.8 Å². The minimum atomic E-state index is -4.42. The Balaban J connectivity index is 1.47. The largest absolute Gasteiger partial charge is 0.481 e. The standard InChI is InChI=1S/C20H15F3N2O2/c21-20(22,23)16-4-3-5-17(13-16)27-11-2-1-9-25-19(26)15-6-7-18-14(12-15)8-10-24-18/h3-8,10,12-13,24H,9,11H2,(H,25,26). The van der Waals surface area contributed by atoms with Gasteiger partial charge in [-0.15, -0.1) is 0 Å². The van der Waals surface area contributed by atoms with Crippen LogP contribution in [-0.2, 0) is 6.18 Å². The first kappa shape index (κ1) is 18.4. The summed E-state index contributed by atoms with van der Waals surface area (Å²) in [5.41, 5.74) is 0.682. The summed E-state index contributed by atoms with van der Waals surface area (Å²) in [6, 6.07) is 11.8. The molecule has 4 nitrogen and oxygen atoms in total. The molecule has 2 N–H and O–H groups in total. The first-order valence-corrected chi connectivity index (χ1v) is 8.04. The number of alkyl halides is 3. The van der Waals surface area contributed by atoms with Crippen molar-refractivity contribution in [1.82, 2.24) is 10.3 Å². The third-order valence-electron chi connectivity index (χ3n) is 3.75. The second-order valence-electron chi connectivity index (χ2n) is 5.63. The lowest BCUT2D eigenvalue weighted by Crippen LogP contribution is -2.23. The Labute approximate surface area is 153 Å². The number of carbonyl (C=O) groups excluding carboxylic acids is 1. The maximum absolute atomic E-state index is 12.6. The van der Waals surface area contributed by atoms with Crippen LogP contribution in [0.3, 0.4) is 0 Å². The zero-order valence-corrected chi connectivity index (χ0v) is 14.1. The number of benzene rings is 2. The quantitative estimate of drug-likeness (QED) is 0.680. The van der Waals surface area contributed by atoms with Crippen molar-refractivity contribution in [3.63, 3.8) is 0 Å². The summed E-state index contributed by atoms with van der Waals surface area (Å²) in [6.45, 7) is 0.0302. The minimum Gasteiger partial charge on any atom is -0.481 e. The number of fused-ring (bicyclic) bond motifs is 1. The van der Waals surface area contributed by atoms with Crippen LogP contribution >= 0.6 is 0 Å². The van der Waals surface area contributed by atoms with Crippen molar-refractivity contribution >= 4 is 16.8 Å². The number of hydrogen-bond donors (Lipinski definition) is 2. The summed E-state index contributed by atoms with van der Waals surface area (Å²) in [5.74, 6) is 5.18. The monoisotopic (exact) mass is 372 g/mol. The number of halogens is 3. The highest BCUT2D eigenvalue weighted by atomic mass is 19.4. The van der Waals surface area contributed by atoms with Crippen LogP contribution in [-0.4, -0.2) is 24.0 Å². The molecule has 0 unspecified atom stereocenters. The first-order chi connectivity index (χ1) is 12.9. The first-order valence-electron chi connectivity index (χ1n) is 8.04. The van der Waals surface area contributed by atoms with Gasteiger partial charge in [-0.05, 0) is 42.5 Å². The third-order valence-corrected chi connectivity index (χ3v) is 3.75. The molecule has 3 aromatic rings. The fraction of sp³-hybridized carbons (Fsp3) is 0.150. The van der Waals surface area contributed by atoms with Crippen LogP contribution in [0.5, 0.6) is 5.75 Å². The van der Waals surface area contributed by atoms with Crippen LogP contribution in [0.1, 0.15) is 15.9 Å². The molecule has 1 amide bonds. The zero-order chi connectivity index (χ0) is 19.3. The maximum atomic E-state index is 12.6. The zero-order valence-electron chi connectivity index (χ0n) is 14.1. The maximum Gasteiger partial charge on any atom is 0.416 e. The van der Waals surface area contributed by atoms with Gasteiger partial charge in [0.2, 0.25) is 0 Å². The van der Waals surface area contributed by atoms with E-state index in [0.717, 1.165) is 23.0 Å². The fourth-order valence-corrected chi connectivity index (χ4v) is 2.42. The number of aromatic amines is 1. The molecule has 1 aromatic heterocycles. The molecule has 0 aliphatic heterocycles. The second kappa shape index (κ2) is 7.87. The predicted molar refractivity (Wildman–Crippen MR) is 95.3 cm³/mol. The number of aromatic nitrogens is 1. The van der Waals surface area contributed by atoms with Gasteiger partial charge in [-0.25, -0.2) is 0 Å². The molecule has 0 aliphatic rings. The van der Waals surface area contributed by atoms with Crippen LogP contribution < -0.4 is 10.1 Å². The van der Waals surface area contributed by atoms with E-state index < -0.39 is 11.7 Å². The molecular weight excluding hydrogens is 357 g/mol.